The van der Waals surface area contributed by atoms with Crippen LogP contribution in [0.1, 0.15) is 6.42 Å². The molecule has 0 bridgehead atoms. The van der Waals surface area contributed by atoms with Gasteiger partial charge < -0.3 is 32.6 Å². The summed E-state index contributed by atoms with van der Waals surface area (Å²) in [7, 11) is 6.56. The lowest BCUT2D eigenvalue weighted by molar-refractivity contribution is -0.871. The predicted octanol–water partition coefficient (Wildman–Crippen LogP) is -2.08. The second-order valence-electron chi connectivity index (χ2n) is 6.26. The molecule has 1 aromatic rings. The van der Waals surface area contributed by atoms with E-state index in [4.69, 9.17) is 5.73 Å². The van der Waals surface area contributed by atoms with Crippen LogP contribution in [0.2, 0.25) is 0 Å². The van der Waals surface area contributed by atoms with E-state index in [0.717, 1.165) is 28.8 Å². The lowest BCUT2D eigenvalue weighted by atomic mass is 10.1. The van der Waals surface area contributed by atoms with E-state index in [1.807, 2.05) is 24.3 Å². The smallest absolute Gasteiger partial charge is 0.0988 e. The summed E-state index contributed by atoms with van der Waals surface area (Å²) in [4.78, 5) is 2.30. The van der Waals surface area contributed by atoms with Crippen LogP contribution in [0.25, 0.3) is 0 Å². The maximum atomic E-state index is 9.91. The third-order valence-electron chi connectivity index (χ3n) is 3.38. The predicted molar refractivity (Wildman–Crippen MR) is 75.5 cm³/mol. The number of hydrogen-bond acceptors (Lipinski definition) is 3. The minimum absolute atomic E-state index is 0. The maximum absolute atomic E-state index is 9.91. The van der Waals surface area contributed by atoms with Crippen molar-refractivity contribution in [3.8, 4) is 0 Å². The largest absolute Gasteiger partial charge is 1.00 e. The molecule has 5 heteroatoms. The van der Waals surface area contributed by atoms with Crippen molar-refractivity contribution in [1.82, 2.24) is 0 Å². The van der Waals surface area contributed by atoms with Gasteiger partial charge in [-0.3, -0.25) is 0 Å². The number of halogens is 1. The standard InChI is InChI=1S/C14H24N3O.ClH/c1-17(2,3)10-13-8-14(18)9-16(13)12-6-4-11(15)5-7-12;/h4-7,13-14,18H,8-10,15H2,1-3H3;1H/q+1;/p-1. The number of nitrogen functional groups attached to an aromatic ring is 1. The van der Waals surface area contributed by atoms with E-state index in [1.165, 1.54) is 0 Å². The van der Waals surface area contributed by atoms with Crippen molar-refractivity contribution in [3.05, 3.63) is 24.3 Å². The minimum Gasteiger partial charge on any atom is -1.00 e. The number of benzene rings is 1. The van der Waals surface area contributed by atoms with Gasteiger partial charge in [0, 0.05) is 24.3 Å². The summed E-state index contributed by atoms with van der Waals surface area (Å²) in [5, 5.41) is 9.91. The Labute approximate surface area is 121 Å². The summed E-state index contributed by atoms with van der Waals surface area (Å²) in [6, 6.07) is 8.31. The summed E-state index contributed by atoms with van der Waals surface area (Å²) in [5.41, 5.74) is 7.65. The van der Waals surface area contributed by atoms with Gasteiger partial charge in [-0.25, -0.2) is 0 Å². The van der Waals surface area contributed by atoms with E-state index in [0.29, 0.717) is 12.6 Å². The fourth-order valence-corrected chi connectivity index (χ4v) is 2.68. The van der Waals surface area contributed by atoms with E-state index in [2.05, 4.69) is 26.0 Å². The molecular formula is C14H24ClN3O. The van der Waals surface area contributed by atoms with Gasteiger partial charge in [-0.15, -0.1) is 0 Å². The van der Waals surface area contributed by atoms with Gasteiger partial charge in [0.25, 0.3) is 0 Å². The molecule has 108 valence electrons. The summed E-state index contributed by atoms with van der Waals surface area (Å²) < 4.78 is 0.906. The SMILES string of the molecule is C[N+](C)(C)CC1CC(O)CN1c1ccc(N)cc1.[Cl-]. The molecule has 0 aliphatic carbocycles. The average Bonchev–Trinajstić information content (AvgIpc) is 2.58. The summed E-state index contributed by atoms with van der Waals surface area (Å²) in [6.45, 7) is 1.75. The molecule has 1 aliphatic rings. The Hall–Kier alpha value is -0.970. The first-order valence-electron chi connectivity index (χ1n) is 6.46. The lowest BCUT2D eigenvalue weighted by Gasteiger charge is -2.33. The molecule has 1 aromatic carbocycles. The molecular weight excluding hydrogens is 262 g/mol. The molecule has 2 unspecified atom stereocenters. The van der Waals surface area contributed by atoms with Gasteiger partial charge in [0.2, 0.25) is 0 Å². The summed E-state index contributed by atoms with van der Waals surface area (Å²) >= 11 is 0. The first kappa shape index (κ1) is 16.1. The maximum Gasteiger partial charge on any atom is 0.0988 e. The molecule has 2 atom stereocenters. The number of β-amino-alcohol motifs (C(OH)–C–C–N with tert-alkyl or cyclic N) is 1. The van der Waals surface area contributed by atoms with Crippen molar-refractivity contribution in [2.75, 3.05) is 44.9 Å². The quantitative estimate of drug-likeness (QED) is 0.495. The molecule has 3 N–H and O–H groups in total. The van der Waals surface area contributed by atoms with Gasteiger partial charge in [0.05, 0.1) is 39.8 Å². The van der Waals surface area contributed by atoms with E-state index in [-0.39, 0.29) is 18.5 Å². The van der Waals surface area contributed by atoms with E-state index in [9.17, 15) is 5.11 Å². The van der Waals surface area contributed by atoms with Crippen molar-refractivity contribution in [3.63, 3.8) is 0 Å². The molecule has 1 fully saturated rings. The van der Waals surface area contributed by atoms with Crippen LogP contribution in [0.5, 0.6) is 0 Å². The number of nitrogens with zero attached hydrogens (tertiary/aromatic N) is 2. The van der Waals surface area contributed by atoms with E-state index < -0.39 is 0 Å². The lowest BCUT2D eigenvalue weighted by Crippen LogP contribution is -3.00. The number of aliphatic hydroxyl groups excluding tert-OH is 1. The monoisotopic (exact) mass is 285 g/mol. The van der Waals surface area contributed by atoms with Crippen LogP contribution >= 0.6 is 0 Å². The van der Waals surface area contributed by atoms with Gasteiger partial charge in [-0.2, -0.15) is 0 Å². The summed E-state index contributed by atoms with van der Waals surface area (Å²) in [6.07, 6.45) is 0.624. The molecule has 1 aliphatic heterocycles. The van der Waals surface area contributed by atoms with Gasteiger partial charge in [-0.1, -0.05) is 0 Å². The Morgan fingerprint density at radius 2 is 1.84 bits per heavy atom. The molecule has 4 nitrogen and oxygen atoms in total. The number of quaternary nitrogens is 1. The summed E-state index contributed by atoms with van der Waals surface area (Å²) in [5.74, 6) is 0. The second-order valence-corrected chi connectivity index (χ2v) is 6.26. The van der Waals surface area contributed by atoms with Crippen LogP contribution in [0.15, 0.2) is 24.3 Å². The van der Waals surface area contributed by atoms with Gasteiger partial charge in [0.1, 0.15) is 0 Å². The highest BCUT2D eigenvalue weighted by molar-refractivity contribution is 5.54. The first-order valence-corrected chi connectivity index (χ1v) is 6.46. The normalized spacial score (nSPS) is 23.3. The molecule has 19 heavy (non-hydrogen) atoms. The second kappa shape index (κ2) is 5.99. The number of aliphatic hydroxyl groups is 1. The average molecular weight is 286 g/mol. The fourth-order valence-electron chi connectivity index (χ4n) is 2.68. The highest BCUT2D eigenvalue weighted by Crippen LogP contribution is 2.27. The zero-order valence-corrected chi connectivity index (χ0v) is 12.6. The molecule has 1 heterocycles. The van der Waals surface area contributed by atoms with Crippen molar-refractivity contribution >= 4 is 11.4 Å². The molecule has 1 saturated heterocycles. The minimum atomic E-state index is -0.223. The van der Waals surface area contributed by atoms with Crippen molar-refractivity contribution in [2.24, 2.45) is 0 Å². The Morgan fingerprint density at radius 3 is 2.37 bits per heavy atom. The van der Waals surface area contributed by atoms with Crippen LogP contribution in [0, 0.1) is 0 Å². The van der Waals surface area contributed by atoms with Crippen LogP contribution < -0.4 is 23.0 Å². The van der Waals surface area contributed by atoms with Crippen LogP contribution in [0.3, 0.4) is 0 Å². The zero-order valence-electron chi connectivity index (χ0n) is 11.9. The Bertz CT molecular complexity index is 402. The Morgan fingerprint density at radius 1 is 1.26 bits per heavy atom. The molecule has 0 aromatic heterocycles. The highest BCUT2D eigenvalue weighted by atomic mass is 35.5. The number of hydrogen-bond donors (Lipinski definition) is 2. The molecule has 2 rings (SSSR count). The molecule has 0 spiro atoms. The van der Waals surface area contributed by atoms with Crippen LogP contribution in [-0.4, -0.2) is 56.0 Å². The Kier molecular flexibility index (Phi) is 5.07. The van der Waals surface area contributed by atoms with Gasteiger partial charge in [-0.05, 0) is 24.3 Å². The fraction of sp³-hybridized carbons (Fsp3) is 0.571. The van der Waals surface area contributed by atoms with Crippen molar-refractivity contribution in [1.29, 1.82) is 0 Å². The van der Waals surface area contributed by atoms with Gasteiger partial charge in [0.15, 0.2) is 0 Å². The van der Waals surface area contributed by atoms with E-state index >= 15 is 0 Å². The third-order valence-corrected chi connectivity index (χ3v) is 3.38. The highest BCUT2D eigenvalue weighted by Gasteiger charge is 2.34. The number of rotatable bonds is 3. The van der Waals surface area contributed by atoms with Crippen molar-refractivity contribution in [2.45, 2.75) is 18.6 Å². The van der Waals surface area contributed by atoms with Gasteiger partial charge >= 0.3 is 0 Å². The number of anilines is 2. The molecule has 0 radical (unpaired) electrons. The van der Waals surface area contributed by atoms with Crippen LogP contribution in [-0.2, 0) is 0 Å². The third kappa shape index (κ3) is 4.27. The number of likely N-dealkylation sites (N-methyl/N-ethyl adjacent to an activating group) is 1. The van der Waals surface area contributed by atoms with Crippen molar-refractivity contribution < 1.29 is 22.0 Å². The first-order chi connectivity index (χ1) is 8.35. The molecule has 0 saturated carbocycles. The Balaban J connectivity index is 0.00000180. The van der Waals surface area contributed by atoms with Crippen LogP contribution in [0.4, 0.5) is 11.4 Å². The number of nitrogens with two attached hydrogens (primary N) is 1. The molecule has 0 amide bonds. The zero-order chi connectivity index (χ0) is 13.3. The van der Waals surface area contributed by atoms with E-state index in [1.54, 1.807) is 0 Å². The topological polar surface area (TPSA) is 49.5 Å².